The molecular formula is C18H19NO4S. The van der Waals surface area contributed by atoms with Gasteiger partial charge in [0.05, 0.1) is 17.9 Å². The number of carbonyl (C=O) groups is 3. The zero-order valence-corrected chi connectivity index (χ0v) is 14.0. The number of hydrogen-bond acceptors (Lipinski definition) is 5. The van der Waals surface area contributed by atoms with E-state index < -0.39 is 0 Å². The van der Waals surface area contributed by atoms with Gasteiger partial charge in [0.25, 0.3) is 5.91 Å². The van der Waals surface area contributed by atoms with Gasteiger partial charge in [0, 0.05) is 18.5 Å². The summed E-state index contributed by atoms with van der Waals surface area (Å²) in [6.07, 6.45) is 0.942. The van der Waals surface area contributed by atoms with Crippen molar-refractivity contribution in [3.63, 3.8) is 0 Å². The number of rotatable bonds is 9. The topological polar surface area (TPSA) is 72.5 Å². The van der Waals surface area contributed by atoms with Crippen molar-refractivity contribution in [2.75, 3.05) is 13.2 Å². The molecule has 1 amide bonds. The maximum absolute atomic E-state index is 11.9. The molecule has 1 N–H and O–H groups in total. The first-order valence-corrected chi connectivity index (χ1v) is 8.60. The molecule has 0 bridgehead atoms. The van der Waals surface area contributed by atoms with Crippen LogP contribution in [0.4, 0.5) is 0 Å². The lowest BCUT2D eigenvalue weighted by atomic mass is 10.1. The number of ether oxygens (including phenoxy) is 1. The number of thiophene rings is 1. The van der Waals surface area contributed by atoms with Gasteiger partial charge in [0.2, 0.25) is 0 Å². The first kappa shape index (κ1) is 17.9. The largest absolute Gasteiger partial charge is 0.466 e. The van der Waals surface area contributed by atoms with Gasteiger partial charge < -0.3 is 10.1 Å². The van der Waals surface area contributed by atoms with E-state index in [4.69, 9.17) is 4.74 Å². The van der Waals surface area contributed by atoms with Crippen LogP contribution in [0.5, 0.6) is 0 Å². The van der Waals surface area contributed by atoms with Crippen LogP contribution in [-0.4, -0.2) is 30.8 Å². The fourth-order valence-electron chi connectivity index (χ4n) is 2.03. The van der Waals surface area contributed by atoms with Crippen LogP contribution < -0.4 is 5.32 Å². The first-order valence-electron chi connectivity index (χ1n) is 7.72. The molecular weight excluding hydrogens is 326 g/mol. The SMILES string of the molecule is O=C(CCNC(=O)c1cccs1)OCCCC(=O)c1ccccc1. The molecule has 24 heavy (non-hydrogen) atoms. The van der Waals surface area contributed by atoms with E-state index in [2.05, 4.69) is 5.32 Å². The van der Waals surface area contributed by atoms with E-state index >= 15 is 0 Å². The highest BCUT2D eigenvalue weighted by Gasteiger charge is 2.09. The fourth-order valence-corrected chi connectivity index (χ4v) is 2.67. The van der Waals surface area contributed by atoms with Gasteiger partial charge in [0.15, 0.2) is 5.78 Å². The number of benzene rings is 1. The number of amides is 1. The summed E-state index contributed by atoms with van der Waals surface area (Å²) in [5, 5.41) is 4.48. The lowest BCUT2D eigenvalue weighted by molar-refractivity contribution is -0.143. The average molecular weight is 345 g/mol. The Morgan fingerprint density at radius 3 is 2.50 bits per heavy atom. The third kappa shape index (κ3) is 5.96. The molecule has 126 valence electrons. The molecule has 2 rings (SSSR count). The summed E-state index contributed by atoms with van der Waals surface area (Å²) in [5.41, 5.74) is 0.667. The molecule has 1 aromatic carbocycles. The van der Waals surface area contributed by atoms with Crippen molar-refractivity contribution in [3.05, 3.63) is 58.3 Å². The second-order valence-corrected chi connectivity index (χ2v) is 6.04. The van der Waals surface area contributed by atoms with E-state index in [0.717, 1.165) is 0 Å². The zero-order chi connectivity index (χ0) is 17.2. The number of esters is 1. The van der Waals surface area contributed by atoms with Gasteiger partial charge in [-0.15, -0.1) is 11.3 Å². The van der Waals surface area contributed by atoms with E-state index in [9.17, 15) is 14.4 Å². The predicted octanol–water partition coefficient (Wildman–Crippen LogP) is 3.07. The molecule has 0 radical (unpaired) electrons. The highest BCUT2D eigenvalue weighted by Crippen LogP contribution is 2.08. The summed E-state index contributed by atoms with van der Waals surface area (Å²) in [6.45, 7) is 0.439. The van der Waals surface area contributed by atoms with E-state index in [0.29, 0.717) is 23.3 Å². The van der Waals surface area contributed by atoms with Crippen molar-refractivity contribution in [1.82, 2.24) is 5.32 Å². The Kier molecular flexibility index (Phi) is 7.17. The van der Waals surface area contributed by atoms with Crippen molar-refractivity contribution >= 4 is 29.0 Å². The Hall–Kier alpha value is -2.47. The van der Waals surface area contributed by atoms with Crippen molar-refractivity contribution in [2.24, 2.45) is 0 Å². The molecule has 0 fully saturated rings. The number of Topliss-reactive ketones (excluding diaryl/α,β-unsaturated/α-hetero) is 1. The smallest absolute Gasteiger partial charge is 0.307 e. The molecule has 1 aromatic heterocycles. The van der Waals surface area contributed by atoms with Crippen molar-refractivity contribution in [1.29, 1.82) is 0 Å². The second kappa shape index (κ2) is 9.62. The van der Waals surface area contributed by atoms with Gasteiger partial charge in [0.1, 0.15) is 0 Å². The lowest BCUT2D eigenvalue weighted by Gasteiger charge is -2.06. The molecule has 0 saturated carbocycles. The minimum atomic E-state index is -0.381. The van der Waals surface area contributed by atoms with E-state index in [1.807, 2.05) is 23.6 Å². The van der Waals surface area contributed by atoms with Crippen LogP contribution >= 0.6 is 11.3 Å². The molecule has 1 heterocycles. The molecule has 0 spiro atoms. The van der Waals surface area contributed by atoms with Crippen LogP contribution in [0.2, 0.25) is 0 Å². The van der Waals surface area contributed by atoms with Gasteiger partial charge in [-0.1, -0.05) is 36.4 Å². The number of hydrogen-bond donors (Lipinski definition) is 1. The molecule has 0 unspecified atom stereocenters. The molecule has 0 aliphatic carbocycles. The fraction of sp³-hybridized carbons (Fsp3) is 0.278. The number of ketones is 1. The quantitative estimate of drug-likeness (QED) is 0.431. The van der Waals surface area contributed by atoms with Gasteiger partial charge >= 0.3 is 5.97 Å². The van der Waals surface area contributed by atoms with Crippen LogP contribution in [0.15, 0.2) is 47.8 Å². The Labute approximate surface area is 144 Å². The van der Waals surface area contributed by atoms with Gasteiger partial charge in [-0.3, -0.25) is 14.4 Å². The van der Waals surface area contributed by atoms with Gasteiger partial charge in [-0.2, -0.15) is 0 Å². The van der Waals surface area contributed by atoms with Crippen molar-refractivity contribution in [3.8, 4) is 0 Å². The zero-order valence-electron chi connectivity index (χ0n) is 13.2. The average Bonchev–Trinajstić information content (AvgIpc) is 3.14. The second-order valence-electron chi connectivity index (χ2n) is 5.10. The van der Waals surface area contributed by atoms with Crippen molar-refractivity contribution < 1.29 is 19.1 Å². The highest BCUT2D eigenvalue weighted by atomic mass is 32.1. The molecule has 5 nitrogen and oxygen atoms in total. The summed E-state index contributed by atoms with van der Waals surface area (Å²) in [6, 6.07) is 12.5. The summed E-state index contributed by atoms with van der Waals surface area (Å²) in [7, 11) is 0. The molecule has 6 heteroatoms. The maximum Gasteiger partial charge on any atom is 0.307 e. The normalized spacial score (nSPS) is 10.2. The third-order valence-electron chi connectivity index (χ3n) is 3.27. The minimum absolute atomic E-state index is 0.0369. The number of nitrogens with one attached hydrogen (secondary N) is 1. The van der Waals surface area contributed by atoms with Crippen LogP contribution in [0.25, 0.3) is 0 Å². The Morgan fingerprint density at radius 1 is 1.00 bits per heavy atom. The van der Waals surface area contributed by atoms with E-state index in [1.54, 1.807) is 24.3 Å². The summed E-state index contributed by atoms with van der Waals surface area (Å²) < 4.78 is 5.06. The predicted molar refractivity (Wildman–Crippen MR) is 92.2 cm³/mol. The molecule has 0 saturated heterocycles. The molecule has 0 atom stereocenters. The van der Waals surface area contributed by atoms with Crippen molar-refractivity contribution in [2.45, 2.75) is 19.3 Å². The van der Waals surface area contributed by atoms with Gasteiger partial charge in [-0.05, 0) is 17.9 Å². The van der Waals surface area contributed by atoms with Crippen LogP contribution in [0.3, 0.4) is 0 Å². The van der Waals surface area contributed by atoms with Crippen LogP contribution in [0, 0.1) is 0 Å². The summed E-state index contributed by atoms with van der Waals surface area (Å²) >= 11 is 1.35. The maximum atomic E-state index is 11.9. The highest BCUT2D eigenvalue weighted by molar-refractivity contribution is 7.12. The van der Waals surface area contributed by atoms with E-state index in [-0.39, 0.29) is 37.2 Å². The monoisotopic (exact) mass is 345 g/mol. The standard InChI is InChI=1S/C18H19NO4S/c20-15(14-6-2-1-3-7-14)8-4-12-23-17(21)10-11-19-18(22)16-9-5-13-24-16/h1-3,5-7,9,13H,4,8,10-12H2,(H,19,22). The minimum Gasteiger partial charge on any atom is -0.466 e. The Balaban J connectivity index is 1.55. The van der Waals surface area contributed by atoms with E-state index in [1.165, 1.54) is 11.3 Å². The molecule has 0 aliphatic heterocycles. The third-order valence-corrected chi connectivity index (χ3v) is 4.14. The molecule has 2 aromatic rings. The van der Waals surface area contributed by atoms with Crippen LogP contribution in [-0.2, 0) is 9.53 Å². The van der Waals surface area contributed by atoms with Crippen LogP contribution in [0.1, 0.15) is 39.3 Å². The number of carbonyl (C=O) groups excluding carboxylic acids is 3. The Morgan fingerprint density at radius 2 is 1.79 bits per heavy atom. The molecule has 0 aliphatic rings. The van der Waals surface area contributed by atoms with Gasteiger partial charge in [-0.25, -0.2) is 0 Å². The summed E-state index contributed by atoms with van der Waals surface area (Å²) in [4.78, 5) is 35.7. The summed E-state index contributed by atoms with van der Waals surface area (Å²) in [5.74, 6) is -0.533. The lowest BCUT2D eigenvalue weighted by Crippen LogP contribution is -2.25. The first-order chi connectivity index (χ1) is 11.7. The Bertz CT molecular complexity index is 668.